The molecule has 7 rings (SSSR count). The number of benzene rings is 4. The Balaban J connectivity index is 1.07. The fraction of sp³-hybridized carbons (Fsp3) is 0.357. The number of carbonyl (C=O) groups excluding carboxylic acids is 1. The van der Waals surface area contributed by atoms with Crippen LogP contribution in [0, 0.1) is 10.1 Å². The Morgan fingerprint density at radius 2 is 1.59 bits per heavy atom. The first-order valence-corrected chi connectivity index (χ1v) is 23.1. The van der Waals surface area contributed by atoms with E-state index in [0.717, 1.165) is 92.8 Å². The minimum absolute atomic E-state index is 0.0107. The van der Waals surface area contributed by atoms with Gasteiger partial charge < -0.3 is 15.0 Å². The van der Waals surface area contributed by atoms with E-state index in [2.05, 4.69) is 59.5 Å². The Morgan fingerprint density at radius 1 is 0.862 bits per heavy atom. The molecule has 1 aliphatic carbocycles. The summed E-state index contributed by atoms with van der Waals surface area (Å²) in [5.41, 5.74) is 4.74. The summed E-state index contributed by atoms with van der Waals surface area (Å²) < 4.78 is 36.5. The van der Waals surface area contributed by atoms with Crippen LogP contribution in [0.15, 0.2) is 95.4 Å². The molecule has 2 saturated heterocycles. The Morgan fingerprint density at radius 3 is 2.29 bits per heavy atom. The lowest BCUT2D eigenvalue weighted by Gasteiger charge is -2.37. The number of sulfonamides is 1. The van der Waals surface area contributed by atoms with Crippen molar-refractivity contribution < 1.29 is 22.9 Å². The molecule has 2 N–H and O–H groups in total. The zero-order valence-corrected chi connectivity index (χ0v) is 36.3. The maximum atomic E-state index is 13.8. The summed E-state index contributed by atoms with van der Waals surface area (Å²) in [6.07, 6.45) is 6.11. The van der Waals surface area contributed by atoms with Gasteiger partial charge in [0.05, 0.1) is 25.0 Å². The lowest BCUT2D eigenvalue weighted by Crippen LogP contribution is -2.47. The van der Waals surface area contributed by atoms with E-state index in [4.69, 9.17) is 27.9 Å². The average molecular weight is 960 g/mol. The van der Waals surface area contributed by atoms with Crippen molar-refractivity contribution >= 4 is 84.4 Å². The van der Waals surface area contributed by atoms with Crippen LogP contribution in [0.3, 0.4) is 0 Å². The monoisotopic (exact) mass is 958 g/mol. The number of ether oxygens (including phenoxy) is 1. The normalized spacial score (nSPS) is 17.3. The number of piperazine rings is 1. The number of allylic oxidation sites excluding steroid dienone is 1. The Hall–Kier alpha value is -3.93. The van der Waals surface area contributed by atoms with Gasteiger partial charge in [-0.2, -0.15) is 0 Å². The van der Waals surface area contributed by atoms with E-state index in [1.54, 1.807) is 36.4 Å². The second kappa shape index (κ2) is 19.0. The fourth-order valence-corrected chi connectivity index (χ4v) is 9.77. The first kappa shape index (κ1) is 42.2. The number of amides is 1. The molecule has 12 nitrogen and oxygen atoms in total. The predicted octanol–water partition coefficient (Wildman–Crippen LogP) is 9.23. The van der Waals surface area contributed by atoms with Crippen molar-refractivity contribution in [1.29, 1.82) is 0 Å². The molecule has 16 heteroatoms. The molecule has 0 atom stereocenters. The van der Waals surface area contributed by atoms with Crippen molar-refractivity contribution in [1.82, 2.24) is 14.5 Å². The third kappa shape index (κ3) is 10.3. The molecule has 58 heavy (non-hydrogen) atoms. The van der Waals surface area contributed by atoms with Crippen LogP contribution < -0.4 is 19.7 Å². The van der Waals surface area contributed by atoms with E-state index in [-0.39, 0.29) is 23.0 Å². The molecule has 2 fully saturated rings. The SMILES string of the molecule is O=C(NS(=O)(=O)c1ccc(NC2CCN(CI)CC2)c([N+](=O)[O-])c1)c1ccc(N2CCN(CC3=C(c4ccc(Cl)cc4)CCCC3)CC2)cc1Oc1ccccc1Cl. The Labute approximate surface area is 362 Å². The number of nitro groups is 1. The number of alkyl halides is 1. The molecule has 0 saturated carbocycles. The number of nitro benzene ring substituents is 1. The molecule has 0 bridgehead atoms. The maximum Gasteiger partial charge on any atom is 0.293 e. The van der Waals surface area contributed by atoms with E-state index < -0.39 is 31.4 Å². The summed E-state index contributed by atoms with van der Waals surface area (Å²) in [4.78, 5) is 31.9. The van der Waals surface area contributed by atoms with Crippen LogP contribution in [0.1, 0.15) is 54.4 Å². The smallest absolute Gasteiger partial charge is 0.293 e. The first-order valence-electron chi connectivity index (χ1n) is 19.4. The Bertz CT molecular complexity index is 2280. The zero-order chi connectivity index (χ0) is 40.8. The van der Waals surface area contributed by atoms with Gasteiger partial charge in [0, 0.05) is 74.7 Å². The number of carbonyl (C=O) groups is 1. The topological polar surface area (TPSA) is 137 Å². The number of piperidine rings is 1. The number of halogens is 3. The predicted molar refractivity (Wildman–Crippen MR) is 238 cm³/mol. The number of likely N-dealkylation sites (tertiary alicyclic amines) is 1. The van der Waals surface area contributed by atoms with E-state index in [1.807, 2.05) is 12.1 Å². The van der Waals surface area contributed by atoms with Crippen LogP contribution in [0.5, 0.6) is 11.5 Å². The van der Waals surface area contributed by atoms with Gasteiger partial charge in [-0.05, 0) is 98.2 Å². The molecule has 306 valence electrons. The van der Waals surface area contributed by atoms with Crippen molar-refractivity contribution in [2.45, 2.75) is 49.5 Å². The van der Waals surface area contributed by atoms with Crippen LogP contribution in [-0.4, -0.2) is 85.5 Å². The van der Waals surface area contributed by atoms with Gasteiger partial charge in [0.15, 0.2) is 0 Å². The highest BCUT2D eigenvalue weighted by molar-refractivity contribution is 14.1. The van der Waals surface area contributed by atoms with Crippen LogP contribution in [-0.2, 0) is 10.0 Å². The van der Waals surface area contributed by atoms with Crippen molar-refractivity contribution in [2.24, 2.45) is 0 Å². The largest absolute Gasteiger partial charge is 0.455 e. The highest BCUT2D eigenvalue weighted by Gasteiger charge is 2.28. The van der Waals surface area contributed by atoms with Gasteiger partial charge in [-0.15, -0.1) is 0 Å². The molecule has 4 aromatic rings. The van der Waals surface area contributed by atoms with Crippen molar-refractivity contribution in [3.05, 3.63) is 122 Å². The number of nitrogens with zero attached hydrogens (tertiary/aromatic N) is 4. The summed E-state index contributed by atoms with van der Waals surface area (Å²) in [5.74, 6) is -0.554. The van der Waals surface area contributed by atoms with Crippen molar-refractivity contribution in [2.75, 3.05) is 60.6 Å². The number of anilines is 2. The van der Waals surface area contributed by atoms with Crippen LogP contribution in [0.25, 0.3) is 5.57 Å². The molecule has 2 heterocycles. The molecule has 4 aromatic carbocycles. The molecular formula is C42H45Cl2IN6O6S. The molecule has 0 aromatic heterocycles. The van der Waals surface area contributed by atoms with Gasteiger partial charge in [0.1, 0.15) is 17.2 Å². The fourth-order valence-electron chi connectivity index (χ4n) is 7.81. The third-order valence-corrected chi connectivity index (χ3v) is 13.9. The highest BCUT2D eigenvalue weighted by atomic mass is 127. The van der Waals surface area contributed by atoms with E-state index in [9.17, 15) is 23.3 Å². The number of para-hydroxylation sites is 1. The summed E-state index contributed by atoms with van der Waals surface area (Å²) >= 11 is 14.9. The summed E-state index contributed by atoms with van der Waals surface area (Å²) in [7, 11) is -4.54. The standard InChI is InChI=1S/C42H45Cl2IN6O6S/c43-31-11-9-29(10-12-31)35-6-2-1-5-30(35)27-48-21-23-50(24-22-48)33-13-15-36(41(25-33)57-40-8-4-3-7-37(40)44)42(52)47-58(55,56)34-14-16-38(39(26-34)51(53)54)46-32-17-19-49(28-45)20-18-32/h3-4,7-16,25-26,32,46H,1-2,5-6,17-24,27-28H2,(H,47,52). The number of rotatable bonds is 13. The summed E-state index contributed by atoms with van der Waals surface area (Å²) in [6, 6.07) is 23.6. The number of hydrogen-bond donors (Lipinski definition) is 2. The first-order chi connectivity index (χ1) is 28.0. The third-order valence-electron chi connectivity index (χ3n) is 11.0. The van der Waals surface area contributed by atoms with Crippen LogP contribution in [0.2, 0.25) is 10.0 Å². The molecule has 1 amide bonds. The number of hydrogen-bond acceptors (Lipinski definition) is 10. The lowest BCUT2D eigenvalue weighted by molar-refractivity contribution is -0.384. The molecule has 2 aliphatic heterocycles. The van der Waals surface area contributed by atoms with Crippen molar-refractivity contribution in [3.8, 4) is 11.5 Å². The molecule has 0 unspecified atom stereocenters. The van der Waals surface area contributed by atoms with Gasteiger partial charge in [-0.25, -0.2) is 13.1 Å². The lowest BCUT2D eigenvalue weighted by atomic mass is 9.87. The molecule has 0 radical (unpaired) electrons. The van der Waals surface area contributed by atoms with Gasteiger partial charge in [0.25, 0.3) is 21.6 Å². The molecule has 0 spiro atoms. The zero-order valence-electron chi connectivity index (χ0n) is 31.8. The summed E-state index contributed by atoms with van der Waals surface area (Å²) in [6.45, 7) is 5.75. The summed E-state index contributed by atoms with van der Waals surface area (Å²) in [5, 5.41) is 16.4. The maximum absolute atomic E-state index is 13.8. The van der Waals surface area contributed by atoms with E-state index >= 15 is 0 Å². The van der Waals surface area contributed by atoms with E-state index in [0.29, 0.717) is 10.8 Å². The van der Waals surface area contributed by atoms with E-state index in [1.165, 1.54) is 47.8 Å². The molecule has 3 aliphatic rings. The second-order valence-corrected chi connectivity index (χ2v) is 18.0. The van der Waals surface area contributed by atoms with Crippen molar-refractivity contribution in [3.63, 3.8) is 0 Å². The Kier molecular flexibility index (Phi) is 13.8. The minimum atomic E-state index is -4.54. The second-order valence-electron chi connectivity index (χ2n) is 14.8. The average Bonchev–Trinajstić information content (AvgIpc) is 3.22. The quantitative estimate of drug-likeness (QED) is 0.0439. The number of nitrogens with one attached hydrogen (secondary N) is 2. The molecular weight excluding hydrogens is 914 g/mol. The highest BCUT2D eigenvalue weighted by Crippen LogP contribution is 2.37. The van der Waals surface area contributed by atoms with Gasteiger partial charge in [-0.1, -0.05) is 75.6 Å². The minimum Gasteiger partial charge on any atom is -0.455 e. The van der Waals surface area contributed by atoms with Crippen LogP contribution in [0.4, 0.5) is 17.1 Å². The van der Waals surface area contributed by atoms with Gasteiger partial charge in [0.2, 0.25) is 0 Å². The van der Waals surface area contributed by atoms with Gasteiger partial charge in [-0.3, -0.25) is 24.7 Å². The van der Waals surface area contributed by atoms with Gasteiger partial charge >= 0.3 is 0 Å². The van der Waals surface area contributed by atoms with Crippen LogP contribution >= 0.6 is 45.8 Å².